The maximum Gasteiger partial charge on any atom is 0.259 e. The van der Waals surface area contributed by atoms with E-state index in [0.717, 1.165) is 16.3 Å². The number of aromatic hydroxyl groups is 1. The molecular formula is C15H8N4O2. The van der Waals surface area contributed by atoms with E-state index in [2.05, 4.69) is 15.0 Å². The molecule has 4 aromatic heterocycles. The average molecular weight is 276 g/mol. The SMILES string of the molecule is O=c1[nH]c(O)c2c1c1c3ccccc3nc1n1cncc21. The normalized spacial score (nSPS) is 12.2. The lowest BCUT2D eigenvalue weighted by atomic mass is 10.1. The van der Waals surface area contributed by atoms with Crippen LogP contribution in [0.4, 0.5) is 0 Å². The van der Waals surface area contributed by atoms with Crippen LogP contribution < -0.4 is 5.56 Å². The van der Waals surface area contributed by atoms with Crippen LogP contribution in [0.3, 0.4) is 0 Å². The topological polar surface area (TPSA) is 83.3 Å². The van der Waals surface area contributed by atoms with Gasteiger partial charge >= 0.3 is 0 Å². The monoisotopic (exact) mass is 276 g/mol. The minimum Gasteiger partial charge on any atom is -0.494 e. The standard InChI is InChI=1S/C15H8N4O2/c20-14-11-9-5-16-6-19(9)13-10(12(11)15(21)18-14)7-3-1-2-4-8(7)17-13/h1-6,20H,(H,18,21). The first-order valence-electron chi connectivity index (χ1n) is 6.46. The first kappa shape index (κ1) is 10.6. The molecule has 21 heavy (non-hydrogen) atoms. The third-order valence-electron chi connectivity index (χ3n) is 3.94. The fourth-order valence-corrected chi connectivity index (χ4v) is 3.09. The second-order valence-corrected chi connectivity index (χ2v) is 5.03. The fraction of sp³-hybridized carbons (Fsp3) is 0. The Morgan fingerprint density at radius 3 is 2.90 bits per heavy atom. The van der Waals surface area contributed by atoms with Gasteiger partial charge in [0.05, 0.1) is 28.0 Å². The molecule has 4 heterocycles. The molecular weight excluding hydrogens is 268 g/mol. The van der Waals surface area contributed by atoms with E-state index in [1.807, 2.05) is 24.3 Å². The Balaban J connectivity index is 2.32. The van der Waals surface area contributed by atoms with Gasteiger partial charge in [0.25, 0.3) is 5.56 Å². The highest BCUT2D eigenvalue weighted by molar-refractivity contribution is 6.23. The van der Waals surface area contributed by atoms with Crippen LogP contribution in [0.5, 0.6) is 5.88 Å². The second kappa shape index (κ2) is 3.29. The molecule has 6 heteroatoms. The van der Waals surface area contributed by atoms with Crippen molar-refractivity contribution in [3.05, 3.63) is 47.1 Å². The van der Waals surface area contributed by atoms with Crippen molar-refractivity contribution >= 4 is 38.2 Å². The van der Waals surface area contributed by atoms with Crippen LogP contribution in [-0.4, -0.2) is 24.5 Å². The summed E-state index contributed by atoms with van der Waals surface area (Å²) in [7, 11) is 0. The zero-order chi connectivity index (χ0) is 14.1. The maximum atomic E-state index is 12.2. The molecule has 0 spiro atoms. The molecule has 0 radical (unpaired) electrons. The van der Waals surface area contributed by atoms with Crippen molar-refractivity contribution in [1.82, 2.24) is 19.4 Å². The molecule has 5 aromatic rings. The van der Waals surface area contributed by atoms with Crippen LogP contribution in [0.15, 0.2) is 41.6 Å². The summed E-state index contributed by atoms with van der Waals surface area (Å²) in [6.45, 7) is 0. The number of H-pyrrole nitrogens is 1. The number of hydrogen-bond donors (Lipinski definition) is 2. The summed E-state index contributed by atoms with van der Waals surface area (Å²) in [5.41, 5.74) is 1.84. The third kappa shape index (κ3) is 1.11. The Labute approximate surface area is 116 Å². The third-order valence-corrected chi connectivity index (χ3v) is 3.94. The van der Waals surface area contributed by atoms with E-state index in [1.165, 1.54) is 0 Å². The molecule has 0 atom stereocenters. The molecule has 0 aliphatic carbocycles. The number of aromatic amines is 1. The van der Waals surface area contributed by atoms with Crippen molar-refractivity contribution in [3.63, 3.8) is 0 Å². The van der Waals surface area contributed by atoms with Crippen LogP contribution >= 0.6 is 0 Å². The lowest BCUT2D eigenvalue weighted by molar-refractivity contribution is 0.462. The zero-order valence-electron chi connectivity index (χ0n) is 10.7. The van der Waals surface area contributed by atoms with Gasteiger partial charge in [-0.25, -0.2) is 9.97 Å². The van der Waals surface area contributed by atoms with Gasteiger partial charge in [0.15, 0.2) is 0 Å². The molecule has 1 aromatic carbocycles. The molecule has 0 aliphatic rings. The van der Waals surface area contributed by atoms with E-state index in [1.54, 1.807) is 16.9 Å². The molecule has 100 valence electrons. The molecule has 0 fully saturated rings. The summed E-state index contributed by atoms with van der Waals surface area (Å²) in [4.78, 5) is 23.4. The number of pyridine rings is 1. The van der Waals surface area contributed by atoms with Crippen LogP contribution in [0.25, 0.3) is 38.2 Å². The lowest BCUT2D eigenvalue weighted by Gasteiger charge is -1.99. The number of benzene rings is 1. The van der Waals surface area contributed by atoms with Gasteiger partial charge in [0.1, 0.15) is 12.0 Å². The van der Waals surface area contributed by atoms with E-state index in [0.29, 0.717) is 21.9 Å². The molecule has 0 saturated carbocycles. The number of imidazole rings is 1. The van der Waals surface area contributed by atoms with Gasteiger partial charge in [-0.1, -0.05) is 18.2 Å². The number of para-hydroxylation sites is 1. The van der Waals surface area contributed by atoms with Crippen molar-refractivity contribution in [3.8, 4) is 5.88 Å². The number of aromatic nitrogens is 4. The minimum atomic E-state index is -0.311. The Bertz CT molecular complexity index is 1220. The summed E-state index contributed by atoms with van der Waals surface area (Å²) in [5, 5.41) is 12.6. The molecule has 5 rings (SSSR count). The van der Waals surface area contributed by atoms with Crippen molar-refractivity contribution in [1.29, 1.82) is 0 Å². The summed E-state index contributed by atoms with van der Waals surface area (Å²) in [6, 6.07) is 7.64. The van der Waals surface area contributed by atoms with Gasteiger partial charge in [-0.3, -0.25) is 14.2 Å². The number of nitrogens with one attached hydrogen (secondary N) is 1. The maximum absolute atomic E-state index is 12.2. The molecule has 0 amide bonds. The van der Waals surface area contributed by atoms with Crippen molar-refractivity contribution in [2.75, 3.05) is 0 Å². The summed E-state index contributed by atoms with van der Waals surface area (Å²) in [6.07, 6.45) is 3.26. The predicted molar refractivity (Wildman–Crippen MR) is 79.0 cm³/mol. The minimum absolute atomic E-state index is 0.132. The highest BCUT2D eigenvalue weighted by atomic mass is 16.3. The molecule has 0 bridgehead atoms. The van der Waals surface area contributed by atoms with Gasteiger partial charge in [-0.2, -0.15) is 0 Å². The van der Waals surface area contributed by atoms with Crippen molar-refractivity contribution in [2.24, 2.45) is 0 Å². The van der Waals surface area contributed by atoms with Gasteiger partial charge in [-0.15, -0.1) is 0 Å². The van der Waals surface area contributed by atoms with E-state index >= 15 is 0 Å². The molecule has 0 aliphatic heterocycles. The average Bonchev–Trinajstić information content (AvgIpc) is 3.14. The van der Waals surface area contributed by atoms with E-state index < -0.39 is 0 Å². The molecule has 2 N–H and O–H groups in total. The van der Waals surface area contributed by atoms with Crippen LogP contribution in [0, 0.1) is 0 Å². The number of hydrogen-bond acceptors (Lipinski definition) is 4. The Morgan fingerprint density at radius 2 is 2.00 bits per heavy atom. The van der Waals surface area contributed by atoms with Crippen LogP contribution in [0.2, 0.25) is 0 Å². The summed E-state index contributed by atoms with van der Waals surface area (Å²) >= 11 is 0. The molecule has 0 saturated heterocycles. The predicted octanol–water partition coefficient (Wildman–Crippen LogP) is 2.02. The first-order chi connectivity index (χ1) is 10.3. The van der Waals surface area contributed by atoms with Crippen LogP contribution in [0.1, 0.15) is 0 Å². The molecule has 6 nitrogen and oxygen atoms in total. The Kier molecular flexibility index (Phi) is 1.66. The van der Waals surface area contributed by atoms with Crippen molar-refractivity contribution in [2.45, 2.75) is 0 Å². The number of fused-ring (bicyclic) bond motifs is 8. The number of rotatable bonds is 0. The zero-order valence-corrected chi connectivity index (χ0v) is 10.7. The fourth-order valence-electron chi connectivity index (χ4n) is 3.09. The van der Waals surface area contributed by atoms with Gasteiger partial charge < -0.3 is 5.11 Å². The summed E-state index contributed by atoms with van der Waals surface area (Å²) < 4.78 is 1.80. The van der Waals surface area contributed by atoms with E-state index in [9.17, 15) is 9.90 Å². The molecule has 0 unspecified atom stereocenters. The Hall–Kier alpha value is -3.15. The van der Waals surface area contributed by atoms with E-state index in [4.69, 9.17) is 0 Å². The largest absolute Gasteiger partial charge is 0.494 e. The van der Waals surface area contributed by atoms with E-state index in [-0.39, 0.29) is 11.4 Å². The summed E-state index contributed by atoms with van der Waals surface area (Å²) in [5.74, 6) is -0.132. The number of nitrogens with zero attached hydrogens (tertiary/aromatic N) is 3. The van der Waals surface area contributed by atoms with Crippen LogP contribution in [-0.2, 0) is 0 Å². The second-order valence-electron chi connectivity index (χ2n) is 5.03. The quantitative estimate of drug-likeness (QED) is 0.453. The lowest BCUT2D eigenvalue weighted by Crippen LogP contribution is -1.98. The van der Waals surface area contributed by atoms with Gasteiger partial charge in [0.2, 0.25) is 5.88 Å². The smallest absolute Gasteiger partial charge is 0.259 e. The highest BCUT2D eigenvalue weighted by Gasteiger charge is 2.20. The highest BCUT2D eigenvalue weighted by Crippen LogP contribution is 2.35. The Morgan fingerprint density at radius 1 is 1.14 bits per heavy atom. The van der Waals surface area contributed by atoms with Gasteiger partial charge in [0, 0.05) is 10.8 Å². The van der Waals surface area contributed by atoms with Gasteiger partial charge in [-0.05, 0) is 6.07 Å². The van der Waals surface area contributed by atoms with Crippen molar-refractivity contribution < 1.29 is 5.11 Å². The first-order valence-corrected chi connectivity index (χ1v) is 6.46.